The van der Waals surface area contributed by atoms with Gasteiger partial charge in [-0.3, -0.25) is 9.59 Å². The summed E-state index contributed by atoms with van der Waals surface area (Å²) >= 11 is 0. The predicted octanol–water partition coefficient (Wildman–Crippen LogP) is 1.75. The normalized spacial score (nSPS) is 17.4. The van der Waals surface area contributed by atoms with Crippen LogP contribution in [0.3, 0.4) is 0 Å². The highest BCUT2D eigenvalue weighted by molar-refractivity contribution is 5.92. The molecule has 2 heterocycles. The van der Waals surface area contributed by atoms with Crippen LogP contribution in [0.5, 0.6) is 0 Å². The maximum absolute atomic E-state index is 12.0. The Morgan fingerprint density at radius 3 is 2.57 bits per heavy atom. The van der Waals surface area contributed by atoms with Gasteiger partial charge in [0, 0.05) is 19.8 Å². The molecule has 1 unspecified atom stereocenters. The largest absolute Gasteiger partial charge is 0.481 e. The van der Waals surface area contributed by atoms with E-state index in [9.17, 15) is 14.7 Å². The smallest absolute Gasteiger partial charge is 0.308 e. The van der Waals surface area contributed by atoms with Crippen LogP contribution in [0.25, 0.3) is 0 Å². The third kappa shape index (κ3) is 3.85. The van der Waals surface area contributed by atoms with Gasteiger partial charge in [-0.1, -0.05) is 0 Å². The molecule has 1 aromatic heterocycles. The molecule has 1 amide bonds. The van der Waals surface area contributed by atoms with Crippen molar-refractivity contribution < 1.29 is 23.8 Å². The van der Waals surface area contributed by atoms with Crippen molar-refractivity contribution >= 4 is 11.9 Å². The lowest BCUT2D eigenvalue weighted by Crippen LogP contribution is -2.38. The number of ether oxygens (including phenoxy) is 1. The highest BCUT2D eigenvalue weighted by Gasteiger charge is 2.30. The van der Waals surface area contributed by atoms with Gasteiger partial charge in [-0.05, 0) is 44.2 Å². The zero-order valence-corrected chi connectivity index (χ0v) is 12.3. The molecule has 6 nitrogen and oxygen atoms in total. The molecule has 0 spiro atoms. The van der Waals surface area contributed by atoms with E-state index in [1.54, 1.807) is 13.0 Å². The minimum absolute atomic E-state index is 0.0385. The van der Waals surface area contributed by atoms with Crippen molar-refractivity contribution in [1.82, 2.24) is 5.32 Å². The minimum atomic E-state index is -0.881. The lowest BCUT2D eigenvalue weighted by Gasteiger charge is -2.27. The number of nitrogens with one attached hydrogen (secondary N) is 1. The SMILES string of the molecule is Cc1cc(C(=O)NCC(C(=O)O)C2CCOCC2)oc1C. The lowest BCUT2D eigenvalue weighted by atomic mass is 9.86. The summed E-state index contributed by atoms with van der Waals surface area (Å²) in [6.45, 7) is 4.92. The molecule has 1 aromatic rings. The second-order valence-electron chi connectivity index (χ2n) is 5.45. The van der Waals surface area contributed by atoms with Crippen molar-refractivity contribution in [3.63, 3.8) is 0 Å². The summed E-state index contributed by atoms with van der Waals surface area (Å²) in [5.41, 5.74) is 0.902. The molecule has 6 heteroatoms. The fraction of sp³-hybridized carbons (Fsp3) is 0.600. The summed E-state index contributed by atoms with van der Waals surface area (Å²) in [6, 6.07) is 1.66. The molecular formula is C15H21NO5. The lowest BCUT2D eigenvalue weighted by molar-refractivity contribution is -0.144. The van der Waals surface area contributed by atoms with Gasteiger partial charge in [0.2, 0.25) is 0 Å². The molecule has 0 radical (unpaired) electrons. The predicted molar refractivity (Wildman–Crippen MR) is 75.2 cm³/mol. The van der Waals surface area contributed by atoms with Gasteiger partial charge in [0.1, 0.15) is 5.76 Å². The number of amides is 1. The van der Waals surface area contributed by atoms with Crippen LogP contribution in [0.15, 0.2) is 10.5 Å². The molecule has 2 N–H and O–H groups in total. The quantitative estimate of drug-likeness (QED) is 0.864. The number of carbonyl (C=O) groups is 2. The van der Waals surface area contributed by atoms with Crippen LogP contribution >= 0.6 is 0 Å². The van der Waals surface area contributed by atoms with E-state index in [0.717, 1.165) is 5.56 Å². The van der Waals surface area contributed by atoms with Gasteiger partial charge in [-0.15, -0.1) is 0 Å². The average Bonchev–Trinajstić information content (AvgIpc) is 2.79. The Hall–Kier alpha value is -1.82. The first-order valence-corrected chi connectivity index (χ1v) is 7.15. The van der Waals surface area contributed by atoms with Crippen LogP contribution in [-0.2, 0) is 9.53 Å². The molecule has 0 bridgehead atoms. The number of hydrogen-bond acceptors (Lipinski definition) is 4. The van der Waals surface area contributed by atoms with Crippen molar-refractivity contribution in [3.05, 3.63) is 23.2 Å². The topological polar surface area (TPSA) is 88.8 Å². The van der Waals surface area contributed by atoms with E-state index in [1.165, 1.54) is 0 Å². The number of carbonyl (C=O) groups excluding carboxylic acids is 1. The van der Waals surface area contributed by atoms with Crippen LogP contribution < -0.4 is 5.32 Å². The maximum Gasteiger partial charge on any atom is 0.308 e. The number of hydrogen-bond donors (Lipinski definition) is 2. The Bertz CT molecular complexity index is 497. The van der Waals surface area contributed by atoms with Crippen LogP contribution in [-0.4, -0.2) is 36.7 Å². The van der Waals surface area contributed by atoms with Crippen molar-refractivity contribution in [1.29, 1.82) is 0 Å². The van der Waals surface area contributed by atoms with Crippen LogP contribution in [0, 0.1) is 25.7 Å². The number of rotatable bonds is 5. The van der Waals surface area contributed by atoms with E-state index in [1.807, 2.05) is 6.92 Å². The first-order chi connectivity index (χ1) is 9.99. The molecule has 116 valence electrons. The molecule has 1 fully saturated rings. The van der Waals surface area contributed by atoms with Gasteiger partial charge in [0.25, 0.3) is 5.91 Å². The number of carboxylic acid groups (broad SMARTS) is 1. The number of carboxylic acids is 1. The van der Waals surface area contributed by atoms with E-state index in [0.29, 0.717) is 31.8 Å². The minimum Gasteiger partial charge on any atom is -0.481 e. The van der Waals surface area contributed by atoms with Gasteiger partial charge < -0.3 is 19.6 Å². The fourth-order valence-electron chi connectivity index (χ4n) is 2.55. The van der Waals surface area contributed by atoms with Crippen molar-refractivity contribution in [2.24, 2.45) is 11.8 Å². The monoisotopic (exact) mass is 295 g/mol. The van der Waals surface area contributed by atoms with Crippen LogP contribution in [0.1, 0.15) is 34.7 Å². The van der Waals surface area contributed by atoms with Gasteiger partial charge in [0.15, 0.2) is 5.76 Å². The van der Waals surface area contributed by atoms with E-state index in [4.69, 9.17) is 9.15 Å². The van der Waals surface area contributed by atoms with E-state index < -0.39 is 11.9 Å². The second-order valence-corrected chi connectivity index (χ2v) is 5.45. The summed E-state index contributed by atoms with van der Waals surface area (Å²) in [5, 5.41) is 12.0. The standard InChI is InChI=1S/C15H21NO5/c1-9-7-13(21-10(9)2)14(17)16-8-12(15(18)19)11-3-5-20-6-4-11/h7,11-12H,3-6,8H2,1-2H3,(H,16,17)(H,18,19). The first kappa shape index (κ1) is 15.6. The Morgan fingerprint density at radius 2 is 2.05 bits per heavy atom. The zero-order valence-electron chi connectivity index (χ0n) is 12.3. The number of aryl methyl sites for hydroxylation is 2. The van der Waals surface area contributed by atoms with E-state index in [-0.39, 0.29) is 24.1 Å². The van der Waals surface area contributed by atoms with Gasteiger partial charge >= 0.3 is 5.97 Å². The molecule has 21 heavy (non-hydrogen) atoms. The summed E-state index contributed by atoms with van der Waals surface area (Å²) in [5.74, 6) is -0.884. The third-order valence-electron chi connectivity index (χ3n) is 4.02. The molecule has 1 aliphatic heterocycles. The molecule has 0 saturated carbocycles. The summed E-state index contributed by atoms with van der Waals surface area (Å²) in [6.07, 6.45) is 1.43. The van der Waals surface area contributed by atoms with Gasteiger partial charge in [-0.25, -0.2) is 0 Å². The molecule has 1 saturated heterocycles. The summed E-state index contributed by atoms with van der Waals surface area (Å²) in [7, 11) is 0. The Kier molecular flexibility index (Phi) is 5.01. The Balaban J connectivity index is 1.94. The third-order valence-corrected chi connectivity index (χ3v) is 4.02. The van der Waals surface area contributed by atoms with E-state index >= 15 is 0 Å². The summed E-state index contributed by atoms with van der Waals surface area (Å²) in [4.78, 5) is 23.4. The van der Waals surface area contributed by atoms with Gasteiger partial charge in [-0.2, -0.15) is 0 Å². The number of aliphatic carboxylic acids is 1. The van der Waals surface area contributed by atoms with Crippen LogP contribution in [0.4, 0.5) is 0 Å². The Labute approximate surface area is 123 Å². The maximum atomic E-state index is 12.0. The van der Waals surface area contributed by atoms with Crippen molar-refractivity contribution in [2.75, 3.05) is 19.8 Å². The first-order valence-electron chi connectivity index (χ1n) is 7.15. The molecule has 2 rings (SSSR count). The zero-order chi connectivity index (χ0) is 15.4. The van der Waals surface area contributed by atoms with Crippen molar-refractivity contribution in [2.45, 2.75) is 26.7 Å². The highest BCUT2D eigenvalue weighted by Crippen LogP contribution is 2.24. The number of furan rings is 1. The van der Waals surface area contributed by atoms with Gasteiger partial charge in [0.05, 0.1) is 5.92 Å². The fourth-order valence-corrected chi connectivity index (χ4v) is 2.55. The second kappa shape index (κ2) is 6.76. The average molecular weight is 295 g/mol. The molecule has 0 aromatic carbocycles. The molecule has 0 aliphatic carbocycles. The van der Waals surface area contributed by atoms with Crippen molar-refractivity contribution in [3.8, 4) is 0 Å². The molecule has 1 atom stereocenters. The molecule has 1 aliphatic rings. The Morgan fingerprint density at radius 1 is 1.38 bits per heavy atom. The highest BCUT2D eigenvalue weighted by atomic mass is 16.5. The summed E-state index contributed by atoms with van der Waals surface area (Å²) < 4.78 is 10.6. The van der Waals surface area contributed by atoms with E-state index in [2.05, 4.69) is 5.32 Å². The molecular weight excluding hydrogens is 274 g/mol. The van der Waals surface area contributed by atoms with Crippen LogP contribution in [0.2, 0.25) is 0 Å².